The van der Waals surface area contributed by atoms with Gasteiger partial charge in [0, 0.05) is 0 Å². The summed E-state index contributed by atoms with van der Waals surface area (Å²) in [4.78, 5) is -0.947. The van der Waals surface area contributed by atoms with Crippen molar-refractivity contribution in [2.24, 2.45) is 0 Å². The Hall–Kier alpha value is -1.01. The van der Waals surface area contributed by atoms with Gasteiger partial charge in [0.1, 0.15) is 11.6 Å². The van der Waals surface area contributed by atoms with Crippen LogP contribution < -0.4 is 4.72 Å². The molecule has 0 aliphatic rings. The van der Waals surface area contributed by atoms with E-state index in [0.29, 0.717) is 0 Å². The first kappa shape index (κ1) is 10.1. The van der Waals surface area contributed by atoms with Crippen molar-refractivity contribution in [3.63, 3.8) is 0 Å². The molecule has 0 atom stereocenters. The minimum Gasteiger partial charge on any atom is -0.214 e. The van der Waals surface area contributed by atoms with E-state index in [1.165, 1.54) is 0 Å². The first-order valence-corrected chi connectivity index (χ1v) is 4.85. The fraction of sp³-hybridized carbons (Fsp3) is 0.143. The van der Waals surface area contributed by atoms with E-state index >= 15 is 0 Å². The maximum atomic E-state index is 12.9. The zero-order valence-corrected chi connectivity index (χ0v) is 7.53. The average molecular weight is 207 g/mol. The lowest BCUT2D eigenvalue weighted by molar-refractivity contribution is 0.516. The van der Waals surface area contributed by atoms with Gasteiger partial charge in [0.2, 0.25) is 10.0 Å². The van der Waals surface area contributed by atoms with Crippen molar-refractivity contribution in [3.8, 4) is 0 Å². The number of hydrogen-bond acceptors (Lipinski definition) is 2. The number of nitrogens with one attached hydrogen (secondary N) is 1. The van der Waals surface area contributed by atoms with Gasteiger partial charge in [-0.2, -0.15) is 0 Å². The van der Waals surface area contributed by atoms with E-state index < -0.39 is 26.6 Å². The summed E-state index contributed by atoms with van der Waals surface area (Å²) < 4.78 is 49.7. The fourth-order valence-electron chi connectivity index (χ4n) is 0.841. The Labute approximate surface area is 74.4 Å². The van der Waals surface area contributed by atoms with Crippen molar-refractivity contribution in [2.75, 3.05) is 7.05 Å². The van der Waals surface area contributed by atoms with Crippen molar-refractivity contribution < 1.29 is 17.2 Å². The van der Waals surface area contributed by atoms with E-state index in [0.717, 1.165) is 25.2 Å². The van der Waals surface area contributed by atoms with Gasteiger partial charge in [0.15, 0.2) is 4.90 Å². The average Bonchev–Trinajstić information content (AvgIpc) is 2.03. The third-order valence-electron chi connectivity index (χ3n) is 1.46. The third-order valence-corrected chi connectivity index (χ3v) is 2.92. The zero-order valence-electron chi connectivity index (χ0n) is 6.71. The van der Waals surface area contributed by atoms with Gasteiger partial charge in [-0.05, 0) is 19.2 Å². The van der Waals surface area contributed by atoms with Crippen LogP contribution in [-0.2, 0) is 10.0 Å². The minimum atomic E-state index is -4.06. The second-order valence-corrected chi connectivity index (χ2v) is 4.08. The normalized spacial score (nSPS) is 11.6. The molecule has 6 heteroatoms. The Morgan fingerprint density at radius 2 is 1.69 bits per heavy atom. The van der Waals surface area contributed by atoms with E-state index in [4.69, 9.17) is 0 Å². The molecule has 1 rings (SSSR count). The highest BCUT2D eigenvalue weighted by atomic mass is 32.2. The second kappa shape index (κ2) is 3.39. The first-order valence-electron chi connectivity index (χ1n) is 3.36. The molecule has 0 unspecified atom stereocenters. The topological polar surface area (TPSA) is 46.2 Å². The quantitative estimate of drug-likeness (QED) is 0.782. The highest BCUT2D eigenvalue weighted by Gasteiger charge is 2.21. The number of sulfonamides is 1. The van der Waals surface area contributed by atoms with Gasteiger partial charge < -0.3 is 0 Å². The van der Waals surface area contributed by atoms with Crippen LogP contribution in [0.4, 0.5) is 8.78 Å². The van der Waals surface area contributed by atoms with E-state index in [9.17, 15) is 17.2 Å². The van der Waals surface area contributed by atoms with Crippen LogP contribution in [-0.4, -0.2) is 15.5 Å². The molecule has 0 heterocycles. The number of rotatable bonds is 2. The standard InChI is InChI=1S/C7H7F2NO2S/c1-10-13(11,12)7-5(8)3-2-4-6(7)9/h2-4,10H,1H3. The molecule has 0 saturated carbocycles. The number of hydrogen-bond donors (Lipinski definition) is 1. The summed E-state index contributed by atoms with van der Waals surface area (Å²) in [7, 11) is -2.97. The summed E-state index contributed by atoms with van der Waals surface area (Å²) in [6.07, 6.45) is 0. The highest BCUT2D eigenvalue weighted by Crippen LogP contribution is 2.17. The molecule has 0 saturated heterocycles. The van der Waals surface area contributed by atoms with E-state index in [1.54, 1.807) is 0 Å². The van der Waals surface area contributed by atoms with Crippen molar-refractivity contribution in [3.05, 3.63) is 29.8 Å². The van der Waals surface area contributed by atoms with Gasteiger partial charge >= 0.3 is 0 Å². The van der Waals surface area contributed by atoms with Crippen LogP contribution in [0.5, 0.6) is 0 Å². The van der Waals surface area contributed by atoms with E-state index in [2.05, 4.69) is 0 Å². The Balaban J connectivity index is 3.46. The molecule has 3 nitrogen and oxygen atoms in total. The summed E-state index contributed by atoms with van der Waals surface area (Å²) in [5, 5.41) is 0. The monoisotopic (exact) mass is 207 g/mol. The van der Waals surface area contributed by atoms with Crippen LogP contribution in [0.3, 0.4) is 0 Å². The SMILES string of the molecule is CNS(=O)(=O)c1c(F)cccc1F. The number of halogens is 2. The molecule has 0 aromatic heterocycles. The molecular formula is C7H7F2NO2S. The maximum absolute atomic E-state index is 12.9. The van der Waals surface area contributed by atoms with Gasteiger partial charge in [0.25, 0.3) is 0 Å². The summed E-state index contributed by atoms with van der Waals surface area (Å²) in [5.74, 6) is -2.20. The predicted molar refractivity (Wildman–Crippen MR) is 42.6 cm³/mol. The van der Waals surface area contributed by atoms with Crippen molar-refractivity contribution in [1.82, 2.24) is 4.72 Å². The summed E-state index contributed by atoms with van der Waals surface area (Å²) >= 11 is 0. The molecule has 0 radical (unpaired) electrons. The maximum Gasteiger partial charge on any atom is 0.246 e. The van der Waals surface area contributed by atoms with Gasteiger partial charge in [-0.15, -0.1) is 0 Å². The fourth-order valence-corrected chi connectivity index (χ4v) is 1.69. The largest absolute Gasteiger partial charge is 0.246 e. The van der Waals surface area contributed by atoms with Crippen LogP contribution in [0.15, 0.2) is 23.1 Å². The first-order chi connectivity index (χ1) is 5.99. The van der Waals surface area contributed by atoms with Crippen LogP contribution in [0, 0.1) is 11.6 Å². The molecule has 1 aromatic carbocycles. The molecule has 0 aliphatic carbocycles. The lowest BCUT2D eigenvalue weighted by Crippen LogP contribution is -2.21. The minimum absolute atomic E-state index is 0.882. The van der Waals surface area contributed by atoms with Crippen molar-refractivity contribution in [2.45, 2.75) is 4.90 Å². The summed E-state index contributed by atoms with van der Waals surface area (Å²) in [6, 6.07) is 2.86. The Morgan fingerprint density at radius 1 is 1.23 bits per heavy atom. The predicted octanol–water partition coefficient (Wildman–Crippen LogP) is 0.873. The summed E-state index contributed by atoms with van der Waals surface area (Å²) in [5.41, 5.74) is 0. The van der Waals surface area contributed by atoms with Crippen LogP contribution in [0.1, 0.15) is 0 Å². The Bertz CT molecular complexity index is 396. The molecule has 0 amide bonds. The molecule has 13 heavy (non-hydrogen) atoms. The molecule has 0 fully saturated rings. The molecule has 72 valence electrons. The van der Waals surface area contributed by atoms with Crippen LogP contribution >= 0.6 is 0 Å². The van der Waals surface area contributed by atoms with Gasteiger partial charge in [-0.3, -0.25) is 0 Å². The number of benzene rings is 1. The highest BCUT2D eigenvalue weighted by molar-refractivity contribution is 7.89. The second-order valence-electron chi connectivity index (χ2n) is 2.26. The van der Waals surface area contributed by atoms with E-state index in [-0.39, 0.29) is 0 Å². The molecule has 0 spiro atoms. The lowest BCUT2D eigenvalue weighted by Gasteiger charge is -2.03. The van der Waals surface area contributed by atoms with Crippen molar-refractivity contribution >= 4 is 10.0 Å². The molecule has 1 N–H and O–H groups in total. The Morgan fingerprint density at radius 3 is 2.08 bits per heavy atom. The smallest absolute Gasteiger partial charge is 0.214 e. The third kappa shape index (κ3) is 1.84. The Kier molecular flexibility index (Phi) is 2.63. The van der Waals surface area contributed by atoms with Gasteiger partial charge in [-0.25, -0.2) is 21.9 Å². The van der Waals surface area contributed by atoms with Crippen LogP contribution in [0.2, 0.25) is 0 Å². The molecule has 0 bridgehead atoms. The molecule has 1 aromatic rings. The van der Waals surface area contributed by atoms with Crippen molar-refractivity contribution in [1.29, 1.82) is 0 Å². The van der Waals surface area contributed by atoms with E-state index in [1.807, 2.05) is 4.72 Å². The molecular weight excluding hydrogens is 200 g/mol. The van der Waals surface area contributed by atoms with Gasteiger partial charge in [0.05, 0.1) is 0 Å². The summed E-state index contributed by atoms with van der Waals surface area (Å²) in [6.45, 7) is 0. The lowest BCUT2D eigenvalue weighted by atomic mass is 10.3. The molecule has 0 aliphatic heterocycles. The van der Waals surface area contributed by atoms with Crippen LogP contribution in [0.25, 0.3) is 0 Å². The van der Waals surface area contributed by atoms with Gasteiger partial charge in [-0.1, -0.05) is 6.07 Å². The zero-order chi connectivity index (χ0) is 10.1.